The zero-order valence-corrected chi connectivity index (χ0v) is 8.25. The first kappa shape index (κ1) is 10.3. The molecule has 0 saturated carbocycles. The fraction of sp³-hybridized carbons (Fsp3) is 0.889. The normalized spacial score (nSPS) is 18.8. The molecule has 4 heteroatoms. The number of amides is 2. The Labute approximate surface area is 79.5 Å². The SMILES string of the molecule is CCNC(=O)N1CCC(CN)CC1. The lowest BCUT2D eigenvalue weighted by atomic mass is 9.97. The summed E-state index contributed by atoms with van der Waals surface area (Å²) in [5, 5.41) is 2.80. The highest BCUT2D eigenvalue weighted by atomic mass is 16.2. The summed E-state index contributed by atoms with van der Waals surface area (Å²) in [5.41, 5.74) is 5.56. The van der Waals surface area contributed by atoms with Crippen LogP contribution in [0.1, 0.15) is 19.8 Å². The van der Waals surface area contributed by atoms with Gasteiger partial charge in [-0.25, -0.2) is 4.79 Å². The Kier molecular flexibility index (Phi) is 4.02. The molecule has 4 nitrogen and oxygen atoms in total. The molecule has 2 amide bonds. The highest BCUT2D eigenvalue weighted by Crippen LogP contribution is 2.15. The molecule has 0 radical (unpaired) electrons. The average molecular weight is 185 g/mol. The third kappa shape index (κ3) is 2.88. The van der Waals surface area contributed by atoms with E-state index < -0.39 is 0 Å². The van der Waals surface area contributed by atoms with E-state index >= 15 is 0 Å². The van der Waals surface area contributed by atoms with Gasteiger partial charge in [-0.05, 0) is 32.2 Å². The molecular formula is C9H19N3O. The molecule has 0 aromatic carbocycles. The number of carbonyl (C=O) groups is 1. The van der Waals surface area contributed by atoms with Crippen LogP contribution in [-0.2, 0) is 0 Å². The Morgan fingerprint density at radius 2 is 2.15 bits per heavy atom. The molecule has 0 bridgehead atoms. The van der Waals surface area contributed by atoms with Crippen LogP contribution in [0.15, 0.2) is 0 Å². The minimum Gasteiger partial charge on any atom is -0.338 e. The maximum atomic E-state index is 11.4. The van der Waals surface area contributed by atoms with E-state index in [4.69, 9.17) is 5.73 Å². The standard InChI is InChI=1S/C9H19N3O/c1-2-11-9(13)12-5-3-8(7-10)4-6-12/h8H,2-7,10H2,1H3,(H,11,13). The number of hydrogen-bond acceptors (Lipinski definition) is 2. The molecule has 0 aromatic rings. The maximum Gasteiger partial charge on any atom is 0.317 e. The molecule has 0 unspecified atom stereocenters. The molecule has 3 N–H and O–H groups in total. The topological polar surface area (TPSA) is 58.4 Å². The van der Waals surface area contributed by atoms with Crippen molar-refractivity contribution < 1.29 is 4.79 Å². The second-order valence-electron chi connectivity index (χ2n) is 3.50. The highest BCUT2D eigenvalue weighted by molar-refractivity contribution is 5.74. The number of hydrogen-bond donors (Lipinski definition) is 2. The summed E-state index contributed by atoms with van der Waals surface area (Å²) in [6.07, 6.45) is 2.10. The van der Waals surface area contributed by atoms with Crippen molar-refractivity contribution in [3.8, 4) is 0 Å². The van der Waals surface area contributed by atoms with Crippen molar-refractivity contribution in [2.75, 3.05) is 26.2 Å². The fourth-order valence-electron chi connectivity index (χ4n) is 1.63. The van der Waals surface area contributed by atoms with Crippen LogP contribution in [0.2, 0.25) is 0 Å². The van der Waals surface area contributed by atoms with Crippen molar-refractivity contribution >= 4 is 6.03 Å². The molecule has 1 aliphatic heterocycles. The third-order valence-corrected chi connectivity index (χ3v) is 2.56. The molecule has 1 fully saturated rings. The van der Waals surface area contributed by atoms with Crippen molar-refractivity contribution in [1.82, 2.24) is 10.2 Å². The Morgan fingerprint density at radius 3 is 2.62 bits per heavy atom. The summed E-state index contributed by atoms with van der Waals surface area (Å²) in [5.74, 6) is 0.616. The van der Waals surface area contributed by atoms with Gasteiger partial charge in [0.1, 0.15) is 0 Å². The zero-order chi connectivity index (χ0) is 9.68. The van der Waals surface area contributed by atoms with Gasteiger partial charge in [-0.2, -0.15) is 0 Å². The van der Waals surface area contributed by atoms with Gasteiger partial charge in [0, 0.05) is 19.6 Å². The average Bonchev–Trinajstić information content (AvgIpc) is 2.18. The minimum atomic E-state index is 0.0676. The second kappa shape index (κ2) is 5.07. The smallest absolute Gasteiger partial charge is 0.317 e. The van der Waals surface area contributed by atoms with E-state index in [0.29, 0.717) is 12.5 Å². The lowest BCUT2D eigenvalue weighted by molar-refractivity contribution is 0.172. The number of rotatable bonds is 2. The first-order valence-electron chi connectivity index (χ1n) is 5.00. The van der Waals surface area contributed by atoms with Gasteiger partial charge in [-0.15, -0.1) is 0 Å². The van der Waals surface area contributed by atoms with E-state index in [2.05, 4.69) is 5.32 Å². The van der Waals surface area contributed by atoms with Crippen LogP contribution in [-0.4, -0.2) is 37.1 Å². The van der Waals surface area contributed by atoms with Gasteiger partial charge >= 0.3 is 6.03 Å². The van der Waals surface area contributed by atoms with Gasteiger partial charge in [0.05, 0.1) is 0 Å². The van der Waals surface area contributed by atoms with E-state index in [0.717, 1.165) is 32.5 Å². The lowest BCUT2D eigenvalue weighted by Crippen LogP contribution is -2.45. The summed E-state index contributed by atoms with van der Waals surface area (Å²) < 4.78 is 0. The summed E-state index contributed by atoms with van der Waals surface area (Å²) in [6, 6.07) is 0.0676. The molecule has 0 spiro atoms. The van der Waals surface area contributed by atoms with Crippen LogP contribution in [0.25, 0.3) is 0 Å². The Balaban J connectivity index is 2.28. The monoisotopic (exact) mass is 185 g/mol. The van der Waals surface area contributed by atoms with Crippen LogP contribution in [0.3, 0.4) is 0 Å². The van der Waals surface area contributed by atoms with E-state index in [9.17, 15) is 4.79 Å². The summed E-state index contributed by atoms with van der Waals surface area (Å²) >= 11 is 0. The van der Waals surface area contributed by atoms with Gasteiger partial charge in [-0.3, -0.25) is 0 Å². The molecule has 1 heterocycles. The van der Waals surface area contributed by atoms with Crippen LogP contribution in [0.5, 0.6) is 0 Å². The Hall–Kier alpha value is -0.770. The van der Waals surface area contributed by atoms with Gasteiger partial charge in [-0.1, -0.05) is 0 Å². The van der Waals surface area contributed by atoms with E-state index in [1.807, 2.05) is 11.8 Å². The van der Waals surface area contributed by atoms with Gasteiger partial charge in [0.15, 0.2) is 0 Å². The highest BCUT2D eigenvalue weighted by Gasteiger charge is 2.20. The first-order chi connectivity index (χ1) is 6.27. The number of nitrogens with two attached hydrogens (primary N) is 1. The van der Waals surface area contributed by atoms with Crippen molar-refractivity contribution in [3.05, 3.63) is 0 Å². The Morgan fingerprint density at radius 1 is 1.54 bits per heavy atom. The number of carbonyl (C=O) groups excluding carboxylic acids is 1. The fourth-order valence-corrected chi connectivity index (χ4v) is 1.63. The van der Waals surface area contributed by atoms with Gasteiger partial charge in [0.2, 0.25) is 0 Å². The summed E-state index contributed by atoms with van der Waals surface area (Å²) in [7, 11) is 0. The van der Waals surface area contributed by atoms with Gasteiger partial charge < -0.3 is 16.0 Å². The van der Waals surface area contributed by atoms with Crippen molar-refractivity contribution in [3.63, 3.8) is 0 Å². The molecule has 1 rings (SSSR count). The molecule has 13 heavy (non-hydrogen) atoms. The number of nitrogens with one attached hydrogen (secondary N) is 1. The molecular weight excluding hydrogens is 166 g/mol. The molecule has 1 saturated heterocycles. The van der Waals surface area contributed by atoms with Crippen LogP contribution in [0, 0.1) is 5.92 Å². The van der Waals surface area contributed by atoms with E-state index in [1.165, 1.54) is 0 Å². The van der Waals surface area contributed by atoms with Crippen molar-refractivity contribution in [2.45, 2.75) is 19.8 Å². The van der Waals surface area contributed by atoms with Gasteiger partial charge in [0.25, 0.3) is 0 Å². The molecule has 1 aliphatic rings. The molecule has 76 valence electrons. The minimum absolute atomic E-state index is 0.0676. The molecule has 0 aliphatic carbocycles. The van der Waals surface area contributed by atoms with Crippen LogP contribution < -0.4 is 11.1 Å². The zero-order valence-electron chi connectivity index (χ0n) is 8.25. The third-order valence-electron chi connectivity index (χ3n) is 2.56. The molecule has 0 aromatic heterocycles. The lowest BCUT2D eigenvalue weighted by Gasteiger charge is -2.31. The quantitative estimate of drug-likeness (QED) is 0.653. The predicted octanol–water partition coefficient (Wildman–Crippen LogP) is 0.387. The second-order valence-corrected chi connectivity index (χ2v) is 3.50. The van der Waals surface area contributed by atoms with Crippen LogP contribution in [0.4, 0.5) is 4.79 Å². The van der Waals surface area contributed by atoms with Crippen LogP contribution >= 0.6 is 0 Å². The molecule has 0 atom stereocenters. The first-order valence-corrected chi connectivity index (χ1v) is 5.00. The maximum absolute atomic E-state index is 11.4. The number of piperidine rings is 1. The summed E-state index contributed by atoms with van der Waals surface area (Å²) in [6.45, 7) is 5.10. The van der Waals surface area contributed by atoms with Crippen molar-refractivity contribution in [1.29, 1.82) is 0 Å². The number of urea groups is 1. The van der Waals surface area contributed by atoms with E-state index in [-0.39, 0.29) is 6.03 Å². The largest absolute Gasteiger partial charge is 0.338 e. The Bertz CT molecular complexity index is 164. The number of likely N-dealkylation sites (tertiary alicyclic amines) is 1. The van der Waals surface area contributed by atoms with Crippen molar-refractivity contribution in [2.24, 2.45) is 11.7 Å². The predicted molar refractivity (Wildman–Crippen MR) is 52.4 cm³/mol. The number of nitrogens with zero attached hydrogens (tertiary/aromatic N) is 1. The van der Waals surface area contributed by atoms with E-state index in [1.54, 1.807) is 0 Å². The summed E-state index contributed by atoms with van der Waals surface area (Å²) in [4.78, 5) is 13.2.